The lowest BCUT2D eigenvalue weighted by Gasteiger charge is -2.24. The zero-order chi connectivity index (χ0) is 14.2. The highest BCUT2D eigenvalue weighted by Crippen LogP contribution is 2.17. The molecular weight excluding hydrogens is 268 g/mol. The van der Waals surface area contributed by atoms with E-state index < -0.39 is 0 Å². The number of hydrogen-bond donors (Lipinski definition) is 2. The fourth-order valence-corrected chi connectivity index (χ4v) is 3.28. The normalized spacial score (nSPS) is 17.2. The molecule has 5 heteroatoms. The van der Waals surface area contributed by atoms with Crippen LogP contribution < -0.4 is 10.6 Å². The Morgan fingerprint density at radius 2 is 2.15 bits per heavy atom. The smallest absolute Gasteiger partial charge is 0.191 e. The van der Waals surface area contributed by atoms with Gasteiger partial charge in [-0.1, -0.05) is 26.2 Å². The number of nitrogens with zero attached hydrogens (tertiary/aromatic N) is 2. The summed E-state index contributed by atoms with van der Waals surface area (Å²) < 4.78 is 0. The third-order valence-electron chi connectivity index (χ3n) is 3.61. The van der Waals surface area contributed by atoms with Crippen LogP contribution in [0.3, 0.4) is 0 Å². The van der Waals surface area contributed by atoms with Crippen molar-refractivity contribution in [2.24, 2.45) is 4.99 Å². The van der Waals surface area contributed by atoms with E-state index in [2.05, 4.69) is 34.5 Å². The molecule has 0 saturated heterocycles. The quantitative estimate of drug-likeness (QED) is 0.648. The van der Waals surface area contributed by atoms with Crippen LogP contribution in [0.25, 0.3) is 0 Å². The maximum Gasteiger partial charge on any atom is 0.191 e. The van der Waals surface area contributed by atoms with Crippen molar-refractivity contribution in [2.75, 3.05) is 6.54 Å². The van der Waals surface area contributed by atoms with E-state index in [1.165, 1.54) is 37.0 Å². The lowest BCUT2D eigenvalue weighted by Crippen LogP contribution is -2.44. The zero-order valence-corrected chi connectivity index (χ0v) is 13.4. The van der Waals surface area contributed by atoms with Crippen LogP contribution in [0.4, 0.5) is 0 Å². The topological polar surface area (TPSA) is 49.3 Å². The minimum atomic E-state index is 0.587. The van der Waals surface area contributed by atoms with Gasteiger partial charge in [0.15, 0.2) is 5.96 Å². The summed E-state index contributed by atoms with van der Waals surface area (Å²) in [5, 5.41) is 8.00. The third-order valence-corrected chi connectivity index (χ3v) is 4.74. The first-order chi connectivity index (χ1) is 9.81. The number of aryl methyl sites for hydroxylation is 1. The Kier molecular flexibility index (Phi) is 6.30. The van der Waals surface area contributed by atoms with Crippen LogP contribution >= 0.6 is 11.3 Å². The molecule has 0 spiro atoms. The molecule has 1 saturated carbocycles. The monoisotopic (exact) mass is 294 g/mol. The fourth-order valence-electron chi connectivity index (χ4n) is 2.49. The van der Waals surface area contributed by atoms with Crippen molar-refractivity contribution in [3.05, 3.63) is 16.1 Å². The molecule has 0 bridgehead atoms. The first-order valence-electron chi connectivity index (χ1n) is 7.80. The first-order valence-corrected chi connectivity index (χ1v) is 8.62. The molecule has 1 aliphatic carbocycles. The highest BCUT2D eigenvalue weighted by atomic mass is 32.1. The minimum Gasteiger partial charge on any atom is -0.357 e. The highest BCUT2D eigenvalue weighted by Gasteiger charge is 2.14. The van der Waals surface area contributed by atoms with Crippen LogP contribution in [0.5, 0.6) is 0 Å². The summed E-state index contributed by atoms with van der Waals surface area (Å²) >= 11 is 1.77. The predicted octanol–water partition coefficient (Wildman–Crippen LogP) is 3.09. The van der Waals surface area contributed by atoms with E-state index in [1.807, 2.05) is 6.20 Å². The Hall–Kier alpha value is -1.10. The van der Waals surface area contributed by atoms with Crippen LogP contribution in [0.2, 0.25) is 0 Å². The van der Waals surface area contributed by atoms with Crippen molar-refractivity contribution in [1.82, 2.24) is 15.6 Å². The standard InChI is InChI=1S/C15H26N4S/c1-3-13-10-17-14(20-13)11-18-15(16-4-2)19-12-8-6-5-7-9-12/h10,12H,3-9,11H2,1-2H3,(H2,16,18,19). The van der Waals surface area contributed by atoms with Gasteiger partial charge in [-0.2, -0.15) is 0 Å². The Morgan fingerprint density at radius 1 is 1.35 bits per heavy atom. The molecule has 0 radical (unpaired) electrons. The van der Waals surface area contributed by atoms with Crippen molar-refractivity contribution in [1.29, 1.82) is 0 Å². The Labute approximate surface area is 126 Å². The molecule has 0 aromatic carbocycles. The maximum absolute atomic E-state index is 4.67. The van der Waals surface area contributed by atoms with Crippen LogP contribution in [-0.2, 0) is 13.0 Å². The molecule has 0 unspecified atom stereocenters. The number of thiazole rings is 1. The molecule has 0 aliphatic heterocycles. The van der Waals surface area contributed by atoms with E-state index >= 15 is 0 Å². The van der Waals surface area contributed by atoms with E-state index in [-0.39, 0.29) is 0 Å². The number of hydrogen-bond acceptors (Lipinski definition) is 3. The van der Waals surface area contributed by atoms with Gasteiger partial charge in [0.2, 0.25) is 0 Å². The van der Waals surface area contributed by atoms with Crippen LogP contribution in [0.15, 0.2) is 11.2 Å². The van der Waals surface area contributed by atoms with Crippen molar-refractivity contribution in [3.8, 4) is 0 Å². The number of nitrogens with one attached hydrogen (secondary N) is 2. The number of aliphatic imine (C=N–C) groups is 1. The van der Waals surface area contributed by atoms with Crippen molar-refractivity contribution >= 4 is 17.3 Å². The lowest BCUT2D eigenvalue weighted by molar-refractivity contribution is 0.410. The number of aromatic nitrogens is 1. The molecule has 0 amide bonds. The van der Waals surface area contributed by atoms with E-state index in [4.69, 9.17) is 0 Å². The fraction of sp³-hybridized carbons (Fsp3) is 0.733. The van der Waals surface area contributed by atoms with Crippen molar-refractivity contribution < 1.29 is 0 Å². The van der Waals surface area contributed by atoms with Gasteiger partial charge in [-0.3, -0.25) is 0 Å². The van der Waals surface area contributed by atoms with Gasteiger partial charge in [0.1, 0.15) is 5.01 Å². The molecule has 2 rings (SSSR count). The molecule has 112 valence electrons. The summed E-state index contributed by atoms with van der Waals surface area (Å²) in [6, 6.07) is 0.587. The molecule has 1 aliphatic rings. The van der Waals surface area contributed by atoms with Crippen LogP contribution in [0.1, 0.15) is 55.8 Å². The van der Waals surface area contributed by atoms with E-state index in [1.54, 1.807) is 11.3 Å². The zero-order valence-electron chi connectivity index (χ0n) is 12.6. The SMILES string of the molecule is CCNC(=NCc1ncc(CC)s1)NC1CCCCC1. The molecule has 1 fully saturated rings. The van der Waals surface area contributed by atoms with Gasteiger partial charge in [-0.25, -0.2) is 9.98 Å². The number of rotatable bonds is 5. The largest absolute Gasteiger partial charge is 0.357 e. The van der Waals surface area contributed by atoms with Gasteiger partial charge in [0.05, 0.1) is 6.54 Å². The summed E-state index contributed by atoms with van der Waals surface area (Å²) in [6.07, 6.45) is 9.61. The van der Waals surface area contributed by atoms with Gasteiger partial charge in [-0.05, 0) is 26.2 Å². The maximum atomic E-state index is 4.67. The van der Waals surface area contributed by atoms with Crippen LogP contribution in [0, 0.1) is 0 Å². The van der Waals surface area contributed by atoms with Crippen LogP contribution in [-0.4, -0.2) is 23.5 Å². The predicted molar refractivity (Wildman–Crippen MR) is 86.3 cm³/mol. The summed E-state index contributed by atoms with van der Waals surface area (Å²) in [6.45, 7) is 5.84. The highest BCUT2D eigenvalue weighted by molar-refractivity contribution is 7.11. The minimum absolute atomic E-state index is 0.587. The second-order valence-electron chi connectivity index (χ2n) is 5.25. The van der Waals surface area contributed by atoms with E-state index in [0.717, 1.165) is 23.9 Å². The van der Waals surface area contributed by atoms with Gasteiger partial charge in [0, 0.05) is 23.7 Å². The molecular formula is C15H26N4S. The molecule has 1 aromatic rings. The molecule has 2 N–H and O–H groups in total. The van der Waals surface area contributed by atoms with Gasteiger partial charge in [0.25, 0.3) is 0 Å². The molecule has 1 heterocycles. The summed E-state index contributed by atoms with van der Waals surface area (Å²) in [5.41, 5.74) is 0. The van der Waals surface area contributed by atoms with Gasteiger partial charge >= 0.3 is 0 Å². The lowest BCUT2D eigenvalue weighted by atomic mass is 9.96. The summed E-state index contributed by atoms with van der Waals surface area (Å²) in [7, 11) is 0. The van der Waals surface area contributed by atoms with E-state index in [0.29, 0.717) is 12.6 Å². The summed E-state index contributed by atoms with van der Waals surface area (Å²) in [5.74, 6) is 0.938. The third kappa shape index (κ3) is 4.78. The Bertz CT molecular complexity index is 421. The second kappa shape index (κ2) is 8.25. The first kappa shape index (κ1) is 15.3. The molecule has 1 aromatic heterocycles. The van der Waals surface area contributed by atoms with Gasteiger partial charge < -0.3 is 10.6 Å². The van der Waals surface area contributed by atoms with Gasteiger partial charge in [-0.15, -0.1) is 11.3 Å². The molecule has 20 heavy (non-hydrogen) atoms. The molecule has 4 nitrogen and oxygen atoms in total. The number of guanidine groups is 1. The van der Waals surface area contributed by atoms with Crippen molar-refractivity contribution in [3.63, 3.8) is 0 Å². The molecule has 0 atom stereocenters. The Balaban J connectivity index is 1.90. The van der Waals surface area contributed by atoms with E-state index in [9.17, 15) is 0 Å². The Morgan fingerprint density at radius 3 is 2.80 bits per heavy atom. The second-order valence-corrected chi connectivity index (χ2v) is 6.45. The average molecular weight is 294 g/mol. The average Bonchev–Trinajstić information content (AvgIpc) is 2.94. The van der Waals surface area contributed by atoms with Crippen molar-refractivity contribution in [2.45, 2.75) is 65.0 Å². The summed E-state index contributed by atoms with van der Waals surface area (Å²) in [4.78, 5) is 10.4.